The van der Waals surface area contributed by atoms with Crippen molar-refractivity contribution >= 4 is 11.6 Å². The van der Waals surface area contributed by atoms with Gasteiger partial charge in [0, 0.05) is 22.2 Å². The van der Waals surface area contributed by atoms with Crippen molar-refractivity contribution in [2.75, 3.05) is 0 Å². The van der Waals surface area contributed by atoms with Crippen LogP contribution in [0, 0.1) is 0 Å². The topological polar surface area (TPSA) is 74.4 Å². The molecule has 2 N–H and O–H groups in total. The normalized spacial score (nSPS) is 10.8. The molecular formula is C19H13ClN4O. The standard InChI is InChI=1S/C19H13ClN4O/c20-14-8-6-13(7-9-14)19-17(15-10-11-16(25)22-21-15)18(23-24-19)12-4-2-1-3-5-12/h1-11H,(H,22,25)(H,23,24). The van der Waals surface area contributed by atoms with E-state index < -0.39 is 0 Å². The summed E-state index contributed by atoms with van der Waals surface area (Å²) in [5.74, 6) is 0. The average molecular weight is 349 g/mol. The van der Waals surface area contributed by atoms with E-state index in [1.807, 2.05) is 54.6 Å². The summed E-state index contributed by atoms with van der Waals surface area (Å²) < 4.78 is 0. The molecule has 0 bridgehead atoms. The monoisotopic (exact) mass is 348 g/mol. The third-order valence-corrected chi connectivity index (χ3v) is 4.13. The molecule has 0 aliphatic rings. The number of nitrogens with one attached hydrogen (secondary N) is 2. The third kappa shape index (κ3) is 2.97. The van der Waals surface area contributed by atoms with Gasteiger partial charge in [0.15, 0.2) is 0 Å². The van der Waals surface area contributed by atoms with Gasteiger partial charge in [-0.3, -0.25) is 9.89 Å². The molecule has 0 atom stereocenters. The van der Waals surface area contributed by atoms with E-state index in [0.29, 0.717) is 10.7 Å². The summed E-state index contributed by atoms with van der Waals surface area (Å²) in [6.45, 7) is 0. The Balaban J connectivity index is 1.96. The summed E-state index contributed by atoms with van der Waals surface area (Å²) >= 11 is 5.99. The second kappa shape index (κ2) is 6.37. The van der Waals surface area contributed by atoms with Gasteiger partial charge in [-0.25, -0.2) is 5.10 Å². The number of aromatic nitrogens is 4. The zero-order valence-electron chi connectivity index (χ0n) is 13.0. The van der Waals surface area contributed by atoms with Gasteiger partial charge >= 0.3 is 0 Å². The summed E-state index contributed by atoms with van der Waals surface area (Å²) in [5.41, 5.74) is 4.69. The number of H-pyrrole nitrogens is 2. The maximum absolute atomic E-state index is 11.4. The van der Waals surface area contributed by atoms with E-state index in [9.17, 15) is 4.79 Å². The van der Waals surface area contributed by atoms with Gasteiger partial charge in [-0.1, -0.05) is 54.1 Å². The molecule has 4 rings (SSSR count). The Morgan fingerprint density at radius 3 is 2.20 bits per heavy atom. The minimum absolute atomic E-state index is 0.249. The van der Waals surface area contributed by atoms with Crippen LogP contribution in [-0.2, 0) is 0 Å². The highest BCUT2D eigenvalue weighted by Crippen LogP contribution is 2.37. The molecule has 0 saturated heterocycles. The Morgan fingerprint density at radius 1 is 0.760 bits per heavy atom. The highest BCUT2D eigenvalue weighted by Gasteiger charge is 2.19. The third-order valence-electron chi connectivity index (χ3n) is 3.88. The molecule has 0 unspecified atom stereocenters. The number of hydrogen-bond donors (Lipinski definition) is 2. The predicted molar refractivity (Wildman–Crippen MR) is 98.3 cm³/mol. The molecule has 0 saturated carbocycles. The second-order valence-corrected chi connectivity index (χ2v) is 5.94. The van der Waals surface area contributed by atoms with Crippen molar-refractivity contribution in [3.8, 4) is 33.8 Å². The van der Waals surface area contributed by atoms with Crippen LogP contribution in [0.15, 0.2) is 71.5 Å². The molecule has 25 heavy (non-hydrogen) atoms. The van der Waals surface area contributed by atoms with Crippen molar-refractivity contribution in [2.24, 2.45) is 0 Å². The molecule has 122 valence electrons. The zero-order valence-corrected chi connectivity index (χ0v) is 13.8. The number of aromatic amines is 2. The Labute approximate surface area is 148 Å². The first kappa shape index (κ1) is 15.4. The highest BCUT2D eigenvalue weighted by molar-refractivity contribution is 6.30. The van der Waals surface area contributed by atoms with Gasteiger partial charge in [-0.05, 0) is 18.2 Å². The van der Waals surface area contributed by atoms with Crippen LogP contribution in [0.4, 0.5) is 0 Å². The lowest BCUT2D eigenvalue weighted by atomic mass is 9.99. The van der Waals surface area contributed by atoms with Crippen LogP contribution in [0.2, 0.25) is 5.02 Å². The van der Waals surface area contributed by atoms with Crippen LogP contribution in [0.25, 0.3) is 33.8 Å². The van der Waals surface area contributed by atoms with Crippen molar-refractivity contribution in [1.82, 2.24) is 20.4 Å². The van der Waals surface area contributed by atoms with E-state index in [0.717, 1.165) is 28.1 Å². The summed E-state index contributed by atoms with van der Waals surface area (Å²) in [6, 6.07) is 20.5. The molecule has 0 aliphatic heterocycles. The number of halogens is 1. The second-order valence-electron chi connectivity index (χ2n) is 5.50. The van der Waals surface area contributed by atoms with Gasteiger partial charge in [0.25, 0.3) is 5.56 Å². The fourth-order valence-corrected chi connectivity index (χ4v) is 2.83. The van der Waals surface area contributed by atoms with Crippen molar-refractivity contribution in [3.05, 3.63) is 82.1 Å². The number of rotatable bonds is 3. The summed E-state index contributed by atoms with van der Waals surface area (Å²) in [4.78, 5) is 11.4. The van der Waals surface area contributed by atoms with E-state index in [-0.39, 0.29) is 5.56 Å². The molecule has 6 heteroatoms. The molecule has 2 aromatic carbocycles. The molecule has 0 spiro atoms. The van der Waals surface area contributed by atoms with Crippen molar-refractivity contribution in [1.29, 1.82) is 0 Å². The lowest BCUT2D eigenvalue weighted by Gasteiger charge is -2.06. The SMILES string of the molecule is O=c1ccc(-c2c(-c3ccc(Cl)cc3)n[nH]c2-c2ccccc2)n[nH]1. The van der Waals surface area contributed by atoms with Gasteiger partial charge in [-0.2, -0.15) is 10.2 Å². The van der Waals surface area contributed by atoms with Crippen LogP contribution in [0.1, 0.15) is 0 Å². The molecule has 2 heterocycles. The van der Waals surface area contributed by atoms with Crippen molar-refractivity contribution < 1.29 is 0 Å². The smallest absolute Gasteiger partial charge is 0.264 e. The summed E-state index contributed by atoms with van der Waals surface area (Å²) in [7, 11) is 0. The van der Waals surface area contributed by atoms with E-state index in [1.54, 1.807) is 6.07 Å². The lowest BCUT2D eigenvalue weighted by molar-refractivity contribution is 0.996. The molecular weight excluding hydrogens is 336 g/mol. The largest absolute Gasteiger partial charge is 0.277 e. The first-order valence-corrected chi connectivity index (χ1v) is 8.06. The quantitative estimate of drug-likeness (QED) is 0.584. The van der Waals surface area contributed by atoms with Crippen LogP contribution < -0.4 is 5.56 Å². The Hall–Kier alpha value is -3.18. The van der Waals surface area contributed by atoms with E-state index in [2.05, 4.69) is 20.4 Å². The molecule has 0 amide bonds. The van der Waals surface area contributed by atoms with Crippen molar-refractivity contribution in [3.63, 3.8) is 0 Å². The Bertz CT molecular complexity index is 1050. The minimum atomic E-state index is -0.249. The average Bonchev–Trinajstić information content (AvgIpc) is 3.09. The molecule has 5 nitrogen and oxygen atoms in total. The van der Waals surface area contributed by atoms with Crippen LogP contribution in [-0.4, -0.2) is 20.4 Å². The molecule has 0 aliphatic carbocycles. The fraction of sp³-hybridized carbons (Fsp3) is 0. The summed E-state index contributed by atoms with van der Waals surface area (Å²) in [5, 5.41) is 14.9. The molecule has 4 aromatic rings. The first-order valence-electron chi connectivity index (χ1n) is 7.68. The number of benzene rings is 2. The van der Waals surface area contributed by atoms with Crippen LogP contribution in [0.3, 0.4) is 0 Å². The minimum Gasteiger partial charge on any atom is -0.277 e. The van der Waals surface area contributed by atoms with Gasteiger partial charge in [-0.15, -0.1) is 0 Å². The Morgan fingerprint density at radius 2 is 1.52 bits per heavy atom. The van der Waals surface area contributed by atoms with Gasteiger partial charge in [0.1, 0.15) is 5.69 Å². The summed E-state index contributed by atoms with van der Waals surface area (Å²) in [6.07, 6.45) is 0. The zero-order chi connectivity index (χ0) is 17.2. The van der Waals surface area contributed by atoms with Gasteiger partial charge in [0.05, 0.1) is 17.0 Å². The van der Waals surface area contributed by atoms with E-state index >= 15 is 0 Å². The predicted octanol–water partition coefficient (Wildman–Crippen LogP) is 4.15. The molecule has 0 radical (unpaired) electrons. The maximum Gasteiger partial charge on any atom is 0.264 e. The molecule has 2 aromatic heterocycles. The first-order chi connectivity index (χ1) is 12.2. The fourth-order valence-electron chi connectivity index (χ4n) is 2.71. The highest BCUT2D eigenvalue weighted by atomic mass is 35.5. The van der Waals surface area contributed by atoms with Crippen molar-refractivity contribution in [2.45, 2.75) is 0 Å². The number of nitrogens with zero attached hydrogens (tertiary/aromatic N) is 2. The molecule has 0 fully saturated rings. The maximum atomic E-state index is 11.4. The van der Waals surface area contributed by atoms with Gasteiger partial charge in [0.2, 0.25) is 0 Å². The van der Waals surface area contributed by atoms with E-state index in [1.165, 1.54) is 6.07 Å². The van der Waals surface area contributed by atoms with Gasteiger partial charge < -0.3 is 0 Å². The lowest BCUT2D eigenvalue weighted by Crippen LogP contribution is -2.05. The van der Waals surface area contributed by atoms with Crippen LogP contribution >= 0.6 is 11.6 Å². The van der Waals surface area contributed by atoms with Crippen LogP contribution in [0.5, 0.6) is 0 Å². The van der Waals surface area contributed by atoms with E-state index in [4.69, 9.17) is 11.6 Å². The number of hydrogen-bond acceptors (Lipinski definition) is 3. The Kier molecular flexibility index (Phi) is 3.91.